The maximum absolute atomic E-state index is 13.0. The zero-order valence-electron chi connectivity index (χ0n) is 15.6. The van der Waals surface area contributed by atoms with E-state index in [0.717, 1.165) is 23.3 Å². The van der Waals surface area contributed by atoms with Crippen LogP contribution in [0.4, 0.5) is 35.2 Å². The summed E-state index contributed by atoms with van der Waals surface area (Å²) in [4.78, 5) is 20.4. The monoisotopic (exact) mass is 446 g/mol. The van der Waals surface area contributed by atoms with Crippen molar-refractivity contribution in [1.29, 1.82) is 0 Å². The van der Waals surface area contributed by atoms with Gasteiger partial charge in [-0.2, -0.15) is 13.2 Å². The molecule has 11 heteroatoms. The highest BCUT2D eigenvalue weighted by atomic mass is 35.5. The Kier molecular flexibility index (Phi) is 5.15. The molecule has 0 aliphatic carbocycles. The van der Waals surface area contributed by atoms with Crippen molar-refractivity contribution in [1.82, 2.24) is 14.5 Å². The van der Waals surface area contributed by atoms with Gasteiger partial charge in [-0.05, 0) is 48.5 Å². The molecular formula is C20H14ClF3N6O. The Morgan fingerprint density at radius 1 is 1.00 bits per heavy atom. The first-order valence-electron chi connectivity index (χ1n) is 8.85. The second-order valence-corrected chi connectivity index (χ2v) is 6.90. The van der Waals surface area contributed by atoms with Gasteiger partial charge in [0.2, 0.25) is 0 Å². The van der Waals surface area contributed by atoms with Crippen molar-refractivity contribution < 1.29 is 18.0 Å². The molecule has 0 bridgehead atoms. The van der Waals surface area contributed by atoms with Crippen molar-refractivity contribution >= 4 is 45.9 Å². The summed E-state index contributed by atoms with van der Waals surface area (Å²) in [6.45, 7) is 0. The molecule has 0 saturated carbocycles. The zero-order valence-corrected chi connectivity index (χ0v) is 16.4. The molecule has 0 spiro atoms. The van der Waals surface area contributed by atoms with Crippen LogP contribution in [0.15, 0.2) is 61.1 Å². The summed E-state index contributed by atoms with van der Waals surface area (Å²) in [6, 6.07) is 11.0. The average Bonchev–Trinajstić information content (AvgIpc) is 3.15. The summed E-state index contributed by atoms with van der Waals surface area (Å²) >= 11 is 5.58. The van der Waals surface area contributed by atoms with Gasteiger partial charge in [0.15, 0.2) is 5.82 Å². The number of pyridine rings is 1. The number of nitrogens with one attached hydrogen (secondary N) is 2. The lowest BCUT2D eigenvalue weighted by molar-refractivity contribution is -0.137. The largest absolute Gasteiger partial charge is 0.417 e. The molecule has 4 rings (SSSR count). The Labute approximate surface area is 178 Å². The van der Waals surface area contributed by atoms with Crippen LogP contribution in [0.25, 0.3) is 16.7 Å². The first kappa shape index (κ1) is 20.5. The number of aromatic nitrogens is 3. The third kappa shape index (κ3) is 4.24. The van der Waals surface area contributed by atoms with E-state index in [4.69, 9.17) is 17.3 Å². The van der Waals surface area contributed by atoms with E-state index in [-0.39, 0.29) is 5.69 Å². The number of carbonyl (C=O) groups is 1. The highest BCUT2D eigenvalue weighted by molar-refractivity contribution is 6.31. The quantitative estimate of drug-likeness (QED) is 0.396. The van der Waals surface area contributed by atoms with E-state index < -0.39 is 22.8 Å². The number of rotatable bonds is 3. The van der Waals surface area contributed by atoms with Gasteiger partial charge in [0, 0.05) is 23.3 Å². The summed E-state index contributed by atoms with van der Waals surface area (Å²) in [5.41, 5.74) is 7.31. The summed E-state index contributed by atoms with van der Waals surface area (Å²) in [7, 11) is 0. The summed E-state index contributed by atoms with van der Waals surface area (Å²) < 4.78 is 40.7. The normalized spacial score (nSPS) is 11.5. The second kappa shape index (κ2) is 7.80. The summed E-state index contributed by atoms with van der Waals surface area (Å²) in [5.74, 6) is 0.321. The lowest BCUT2D eigenvalue weighted by Gasteiger charge is -2.12. The predicted octanol–water partition coefficient (Wildman–Crippen LogP) is 5.32. The Balaban J connectivity index is 1.48. The van der Waals surface area contributed by atoms with Crippen molar-refractivity contribution in [3.05, 3.63) is 71.6 Å². The van der Waals surface area contributed by atoms with E-state index in [2.05, 4.69) is 20.6 Å². The van der Waals surface area contributed by atoms with E-state index in [9.17, 15) is 18.0 Å². The number of alkyl halides is 3. The van der Waals surface area contributed by atoms with Gasteiger partial charge in [0.1, 0.15) is 11.8 Å². The van der Waals surface area contributed by atoms with E-state index in [0.29, 0.717) is 17.0 Å². The number of hydrogen-bond donors (Lipinski definition) is 3. The lowest BCUT2D eigenvalue weighted by atomic mass is 10.2. The fraction of sp³-hybridized carbons (Fsp3) is 0.0500. The zero-order chi connectivity index (χ0) is 22.2. The molecule has 4 N–H and O–H groups in total. The molecule has 2 amide bonds. The van der Waals surface area contributed by atoms with Crippen LogP contribution in [0.3, 0.4) is 0 Å². The third-order valence-corrected chi connectivity index (χ3v) is 4.76. The lowest BCUT2D eigenvalue weighted by Crippen LogP contribution is -2.20. The fourth-order valence-corrected chi connectivity index (χ4v) is 3.21. The van der Waals surface area contributed by atoms with E-state index in [1.165, 1.54) is 6.07 Å². The number of hydrogen-bond acceptors (Lipinski definition) is 4. The first-order valence-corrected chi connectivity index (χ1v) is 9.23. The van der Waals surface area contributed by atoms with E-state index >= 15 is 0 Å². The standard InChI is InChI=1S/C20H14ClF3N6O/c21-15-6-3-12(9-14(15)20(22,23)24)29-19(31)28-11-1-4-13(5-2-11)30-10-27-17-16(30)7-8-26-18(17)25/h1-10H,(H2,25,26)(H2,28,29,31). The molecule has 2 heterocycles. The number of anilines is 3. The molecule has 0 atom stereocenters. The van der Waals surface area contributed by atoms with Gasteiger partial charge in [-0.25, -0.2) is 14.8 Å². The number of carbonyl (C=O) groups excluding carboxylic acids is 1. The van der Waals surface area contributed by atoms with Gasteiger partial charge in [0.05, 0.1) is 16.1 Å². The van der Waals surface area contributed by atoms with Crippen LogP contribution < -0.4 is 16.4 Å². The number of halogens is 4. The molecular weight excluding hydrogens is 433 g/mol. The van der Waals surface area contributed by atoms with Gasteiger partial charge in [0.25, 0.3) is 0 Å². The van der Waals surface area contributed by atoms with Crippen molar-refractivity contribution in [3.63, 3.8) is 0 Å². The summed E-state index contributed by atoms with van der Waals surface area (Å²) in [5, 5.41) is 4.48. The number of imidazole rings is 1. The highest BCUT2D eigenvalue weighted by Gasteiger charge is 2.33. The highest BCUT2D eigenvalue weighted by Crippen LogP contribution is 2.36. The van der Waals surface area contributed by atoms with Crippen molar-refractivity contribution in [2.45, 2.75) is 6.18 Å². The molecule has 0 unspecified atom stereocenters. The Morgan fingerprint density at radius 2 is 1.68 bits per heavy atom. The van der Waals surface area contributed by atoms with Crippen LogP contribution in [-0.4, -0.2) is 20.6 Å². The minimum absolute atomic E-state index is 0.0399. The number of nitrogen functional groups attached to an aromatic ring is 1. The van der Waals surface area contributed by atoms with Crippen LogP contribution in [-0.2, 0) is 6.18 Å². The van der Waals surface area contributed by atoms with Gasteiger partial charge in [-0.15, -0.1) is 0 Å². The molecule has 4 aromatic rings. The Morgan fingerprint density at radius 3 is 2.39 bits per heavy atom. The molecule has 0 aliphatic heterocycles. The van der Waals surface area contributed by atoms with Gasteiger partial charge in [-0.1, -0.05) is 11.6 Å². The number of urea groups is 1. The van der Waals surface area contributed by atoms with Gasteiger partial charge >= 0.3 is 12.2 Å². The molecule has 0 aliphatic rings. The minimum Gasteiger partial charge on any atom is -0.382 e. The van der Waals surface area contributed by atoms with Crippen LogP contribution in [0.5, 0.6) is 0 Å². The second-order valence-electron chi connectivity index (χ2n) is 6.50. The predicted molar refractivity (Wildman–Crippen MR) is 112 cm³/mol. The van der Waals surface area contributed by atoms with Crippen LogP contribution in [0.1, 0.15) is 5.56 Å². The molecule has 31 heavy (non-hydrogen) atoms. The first-order chi connectivity index (χ1) is 14.7. The average molecular weight is 447 g/mol. The molecule has 2 aromatic heterocycles. The third-order valence-electron chi connectivity index (χ3n) is 4.43. The molecule has 0 fully saturated rings. The van der Waals surface area contributed by atoms with Crippen LogP contribution in [0, 0.1) is 0 Å². The number of fused-ring (bicyclic) bond motifs is 1. The van der Waals surface area contributed by atoms with Gasteiger partial charge in [-0.3, -0.25) is 4.57 Å². The Hall–Kier alpha value is -3.79. The molecule has 0 radical (unpaired) electrons. The number of amides is 2. The fourth-order valence-electron chi connectivity index (χ4n) is 2.99. The smallest absolute Gasteiger partial charge is 0.382 e. The molecule has 0 saturated heterocycles. The number of benzene rings is 2. The Bertz CT molecular complexity index is 1270. The van der Waals surface area contributed by atoms with E-state index in [1.807, 2.05) is 4.57 Å². The van der Waals surface area contributed by atoms with Crippen molar-refractivity contribution in [2.75, 3.05) is 16.4 Å². The molecule has 158 valence electrons. The maximum atomic E-state index is 13.0. The SMILES string of the molecule is Nc1nccc2c1ncn2-c1ccc(NC(=O)Nc2ccc(Cl)c(C(F)(F)F)c2)cc1. The van der Waals surface area contributed by atoms with E-state index in [1.54, 1.807) is 42.9 Å². The minimum atomic E-state index is -4.63. The number of nitrogens with zero attached hydrogens (tertiary/aromatic N) is 3. The summed E-state index contributed by atoms with van der Waals surface area (Å²) in [6.07, 6.45) is -1.44. The molecule has 2 aromatic carbocycles. The topological polar surface area (TPSA) is 97.9 Å². The van der Waals surface area contributed by atoms with Crippen molar-refractivity contribution in [2.24, 2.45) is 0 Å². The maximum Gasteiger partial charge on any atom is 0.417 e. The van der Waals surface area contributed by atoms with Crippen molar-refractivity contribution in [3.8, 4) is 5.69 Å². The number of nitrogens with two attached hydrogens (primary N) is 1. The van der Waals surface area contributed by atoms with Crippen LogP contribution in [0.2, 0.25) is 5.02 Å². The van der Waals surface area contributed by atoms with Gasteiger partial charge < -0.3 is 16.4 Å². The molecule has 7 nitrogen and oxygen atoms in total. The van der Waals surface area contributed by atoms with Crippen LogP contribution >= 0.6 is 11.6 Å².